The molecule has 6 rings (SSSR count). The quantitative estimate of drug-likeness (QED) is 0.337. The first-order valence-corrected chi connectivity index (χ1v) is 11.3. The molecule has 0 saturated carbocycles. The number of anilines is 1. The number of esters is 1. The SMILES string of the molecule is CCOC(C)=O.CN1C(=O)C(=O)N2C(=C[C@]3(c4c[nH]c5ccccc45)c4ccccc4N[C@H]23)C1=O. The number of piperazine rings is 1. The highest BCUT2D eigenvalue weighted by atomic mass is 16.5. The van der Waals surface area contributed by atoms with Crippen LogP contribution in [0, 0.1) is 0 Å². The summed E-state index contributed by atoms with van der Waals surface area (Å²) < 4.78 is 4.40. The lowest BCUT2D eigenvalue weighted by Crippen LogP contribution is -2.58. The molecule has 3 amide bonds. The molecular formula is C26H24N4O5. The number of nitrogens with one attached hydrogen (secondary N) is 2. The van der Waals surface area contributed by atoms with Gasteiger partial charge in [-0.05, 0) is 36.3 Å². The van der Waals surface area contributed by atoms with Crippen LogP contribution in [0.2, 0.25) is 0 Å². The highest BCUT2D eigenvalue weighted by molar-refractivity contribution is 6.42. The molecule has 1 saturated heterocycles. The summed E-state index contributed by atoms with van der Waals surface area (Å²) in [6.07, 6.45) is 3.18. The molecule has 3 aliphatic rings. The maximum absolute atomic E-state index is 12.9. The number of carbonyl (C=O) groups excluding carboxylic acids is 4. The molecule has 2 aromatic carbocycles. The van der Waals surface area contributed by atoms with Crippen LogP contribution in [0.4, 0.5) is 5.69 Å². The number of H-pyrrole nitrogens is 1. The van der Waals surface area contributed by atoms with E-state index in [-0.39, 0.29) is 11.7 Å². The topological polar surface area (TPSA) is 112 Å². The van der Waals surface area contributed by atoms with Gasteiger partial charge in [-0.25, -0.2) is 0 Å². The van der Waals surface area contributed by atoms with Crippen LogP contribution in [0.3, 0.4) is 0 Å². The van der Waals surface area contributed by atoms with Crippen LogP contribution >= 0.6 is 0 Å². The van der Waals surface area contributed by atoms with E-state index in [9.17, 15) is 19.2 Å². The Labute approximate surface area is 201 Å². The third kappa shape index (κ3) is 3.15. The zero-order chi connectivity index (χ0) is 24.9. The molecule has 0 unspecified atom stereocenters. The smallest absolute Gasteiger partial charge is 0.319 e. The number of fused-ring (bicyclic) bond motifs is 6. The van der Waals surface area contributed by atoms with Gasteiger partial charge in [0.1, 0.15) is 11.9 Å². The van der Waals surface area contributed by atoms with E-state index in [4.69, 9.17) is 0 Å². The van der Waals surface area contributed by atoms with Crippen molar-refractivity contribution in [1.29, 1.82) is 0 Å². The Morgan fingerprint density at radius 3 is 2.43 bits per heavy atom. The maximum atomic E-state index is 12.9. The lowest BCUT2D eigenvalue weighted by molar-refractivity contribution is -0.159. The molecule has 9 heteroatoms. The number of benzene rings is 2. The van der Waals surface area contributed by atoms with E-state index < -0.39 is 29.3 Å². The fraction of sp³-hybridized carbons (Fsp3) is 0.231. The second-order valence-corrected chi connectivity index (χ2v) is 8.51. The number of likely N-dealkylation sites (N-methyl/N-ethyl adjacent to an activating group) is 1. The fourth-order valence-corrected chi connectivity index (χ4v) is 5.12. The van der Waals surface area contributed by atoms with Gasteiger partial charge in [-0.15, -0.1) is 0 Å². The molecule has 0 aliphatic carbocycles. The highest BCUT2D eigenvalue weighted by Crippen LogP contribution is 2.54. The van der Waals surface area contributed by atoms with Crippen LogP contribution in [0.25, 0.3) is 10.9 Å². The first-order chi connectivity index (χ1) is 16.8. The van der Waals surface area contributed by atoms with Crippen LogP contribution in [0.1, 0.15) is 25.0 Å². The number of carbonyl (C=O) groups is 4. The second-order valence-electron chi connectivity index (χ2n) is 8.51. The predicted octanol–water partition coefficient (Wildman–Crippen LogP) is 2.50. The van der Waals surface area contributed by atoms with Crippen molar-refractivity contribution in [3.05, 3.63) is 77.6 Å². The predicted molar refractivity (Wildman–Crippen MR) is 128 cm³/mol. The molecular weight excluding hydrogens is 448 g/mol. The van der Waals surface area contributed by atoms with Crippen molar-refractivity contribution in [3.8, 4) is 0 Å². The zero-order valence-corrected chi connectivity index (χ0v) is 19.5. The minimum Gasteiger partial charge on any atom is -0.466 e. The van der Waals surface area contributed by atoms with Gasteiger partial charge in [0, 0.05) is 36.8 Å². The van der Waals surface area contributed by atoms with Crippen molar-refractivity contribution in [3.63, 3.8) is 0 Å². The van der Waals surface area contributed by atoms with Crippen molar-refractivity contribution >= 4 is 40.3 Å². The normalized spacial score (nSPS) is 22.1. The van der Waals surface area contributed by atoms with Crippen molar-refractivity contribution in [2.45, 2.75) is 25.4 Å². The van der Waals surface area contributed by atoms with Crippen LogP contribution in [-0.4, -0.2) is 58.3 Å². The van der Waals surface area contributed by atoms with E-state index in [2.05, 4.69) is 15.0 Å². The summed E-state index contributed by atoms with van der Waals surface area (Å²) in [7, 11) is 1.34. The van der Waals surface area contributed by atoms with Gasteiger partial charge in [0.15, 0.2) is 0 Å². The third-order valence-electron chi connectivity index (χ3n) is 6.59. The molecule has 0 radical (unpaired) electrons. The zero-order valence-electron chi connectivity index (χ0n) is 19.5. The summed E-state index contributed by atoms with van der Waals surface area (Å²) in [6, 6.07) is 15.7. The van der Waals surface area contributed by atoms with E-state index >= 15 is 0 Å². The first-order valence-electron chi connectivity index (χ1n) is 11.3. The summed E-state index contributed by atoms with van der Waals surface area (Å²) >= 11 is 0. The molecule has 4 heterocycles. The second kappa shape index (κ2) is 8.12. The van der Waals surface area contributed by atoms with Gasteiger partial charge in [-0.1, -0.05) is 36.4 Å². The number of imide groups is 1. The van der Waals surface area contributed by atoms with E-state index in [0.29, 0.717) is 6.61 Å². The van der Waals surface area contributed by atoms with E-state index in [1.54, 1.807) is 6.92 Å². The van der Waals surface area contributed by atoms with E-state index in [1.165, 1.54) is 18.9 Å². The van der Waals surface area contributed by atoms with Crippen LogP contribution in [0.5, 0.6) is 0 Å². The lowest BCUT2D eigenvalue weighted by atomic mass is 9.74. The summed E-state index contributed by atoms with van der Waals surface area (Å²) in [4.78, 5) is 53.5. The maximum Gasteiger partial charge on any atom is 0.319 e. The molecule has 35 heavy (non-hydrogen) atoms. The highest BCUT2D eigenvalue weighted by Gasteiger charge is 2.61. The van der Waals surface area contributed by atoms with Gasteiger partial charge in [-0.3, -0.25) is 29.0 Å². The summed E-state index contributed by atoms with van der Waals surface area (Å²) in [5.74, 6) is -2.20. The van der Waals surface area contributed by atoms with Gasteiger partial charge in [0.05, 0.1) is 12.0 Å². The van der Waals surface area contributed by atoms with Crippen molar-refractivity contribution in [1.82, 2.24) is 14.8 Å². The monoisotopic (exact) mass is 472 g/mol. The lowest BCUT2D eigenvalue weighted by Gasteiger charge is -2.36. The Bertz CT molecular complexity index is 1420. The molecule has 2 N–H and O–H groups in total. The van der Waals surface area contributed by atoms with Crippen molar-refractivity contribution in [2.75, 3.05) is 19.0 Å². The summed E-state index contributed by atoms with van der Waals surface area (Å²) in [6.45, 7) is 3.65. The average Bonchev–Trinajstić information content (AvgIpc) is 3.51. The van der Waals surface area contributed by atoms with Crippen LogP contribution < -0.4 is 5.32 Å². The summed E-state index contributed by atoms with van der Waals surface area (Å²) in [5.41, 5.74) is 3.20. The molecule has 1 fully saturated rings. The Kier molecular flexibility index (Phi) is 5.20. The number of amides is 3. The first kappa shape index (κ1) is 22.4. The number of hydrogen-bond donors (Lipinski definition) is 2. The average molecular weight is 473 g/mol. The Morgan fingerprint density at radius 2 is 1.71 bits per heavy atom. The molecule has 3 aliphatic heterocycles. The Morgan fingerprint density at radius 1 is 1.00 bits per heavy atom. The fourth-order valence-electron chi connectivity index (χ4n) is 5.12. The van der Waals surface area contributed by atoms with E-state index in [0.717, 1.165) is 32.6 Å². The standard InChI is InChI=1S/C22H16N4O3.C4H8O2/c1-25-18(27)17-10-22(14-11-23-15-8-4-2-6-12(14)15)13-7-3-5-9-16(13)24-21(22)26(17)20(29)19(25)28;1-3-6-4(2)5/h2-11,21,23-24H,1H3;3H2,1-2H3/t21-,22-;/m1./s1. The van der Waals surface area contributed by atoms with Crippen LogP contribution in [0.15, 0.2) is 66.5 Å². The Balaban J connectivity index is 0.000000380. The molecule has 3 aromatic rings. The largest absolute Gasteiger partial charge is 0.466 e. The van der Waals surface area contributed by atoms with Gasteiger partial charge in [0.25, 0.3) is 5.91 Å². The molecule has 0 bridgehead atoms. The summed E-state index contributed by atoms with van der Waals surface area (Å²) in [5, 5.41) is 4.40. The number of para-hydroxylation sites is 2. The van der Waals surface area contributed by atoms with Crippen molar-refractivity contribution in [2.24, 2.45) is 0 Å². The van der Waals surface area contributed by atoms with Gasteiger partial charge in [0.2, 0.25) is 0 Å². The van der Waals surface area contributed by atoms with Crippen LogP contribution in [-0.2, 0) is 29.3 Å². The number of aromatic amines is 1. The number of rotatable bonds is 2. The molecule has 9 nitrogen and oxygen atoms in total. The molecule has 1 aromatic heterocycles. The van der Waals surface area contributed by atoms with Gasteiger partial charge >= 0.3 is 17.8 Å². The molecule has 2 atom stereocenters. The third-order valence-corrected chi connectivity index (χ3v) is 6.59. The van der Waals surface area contributed by atoms with Gasteiger partial charge in [-0.2, -0.15) is 0 Å². The minimum absolute atomic E-state index is 0.211. The number of ether oxygens (including phenoxy) is 1. The molecule has 178 valence electrons. The molecule has 0 spiro atoms. The Hall–Kier alpha value is -4.40. The van der Waals surface area contributed by atoms with E-state index in [1.807, 2.05) is 60.8 Å². The van der Waals surface area contributed by atoms with Crippen molar-refractivity contribution < 1.29 is 23.9 Å². The van der Waals surface area contributed by atoms with Gasteiger partial charge < -0.3 is 15.0 Å². The number of nitrogens with zero attached hydrogens (tertiary/aromatic N) is 2. The number of hydrogen-bond acceptors (Lipinski definition) is 6. The minimum atomic E-state index is -0.820. The number of aromatic nitrogens is 1.